The molecule has 0 aliphatic rings. The zero-order chi connectivity index (χ0) is 18.5. The van der Waals surface area contributed by atoms with Crippen LogP contribution < -0.4 is 15.9 Å². The summed E-state index contributed by atoms with van der Waals surface area (Å²) in [5.41, 5.74) is 2.41. The van der Waals surface area contributed by atoms with E-state index in [9.17, 15) is 0 Å². The van der Waals surface area contributed by atoms with Gasteiger partial charge in [0.2, 0.25) is 0 Å². The number of nitrogens with zero attached hydrogens (tertiary/aromatic N) is 1. The van der Waals surface area contributed by atoms with Crippen LogP contribution in [-0.2, 0) is 6.16 Å². The molecule has 0 saturated heterocycles. The second-order valence-electron chi connectivity index (χ2n) is 6.78. The molecule has 4 rings (SSSR count). The molecule has 0 amide bonds. The van der Waals surface area contributed by atoms with Gasteiger partial charge in [-0.2, -0.15) is 0 Å². The van der Waals surface area contributed by atoms with Gasteiger partial charge in [-0.25, -0.2) is 0 Å². The lowest BCUT2D eigenvalue weighted by Gasteiger charge is -2.27. The van der Waals surface area contributed by atoms with Gasteiger partial charge in [0.25, 0.3) is 0 Å². The number of aryl methyl sites for hydroxylation is 1. The number of rotatable bonds is 5. The van der Waals surface area contributed by atoms with Crippen molar-refractivity contribution in [1.82, 2.24) is 4.98 Å². The zero-order valence-corrected chi connectivity index (χ0v) is 16.4. The summed E-state index contributed by atoms with van der Waals surface area (Å²) < 4.78 is 0. The van der Waals surface area contributed by atoms with E-state index < -0.39 is 7.26 Å². The van der Waals surface area contributed by atoms with Gasteiger partial charge in [-0.15, -0.1) is 0 Å². The average Bonchev–Trinajstić information content (AvgIpc) is 2.74. The zero-order valence-electron chi connectivity index (χ0n) is 15.5. The smallest absolute Gasteiger partial charge is 0.116 e. The molecule has 1 aromatic heterocycles. The van der Waals surface area contributed by atoms with Crippen molar-refractivity contribution in [3.8, 4) is 0 Å². The van der Waals surface area contributed by atoms with Crippen LogP contribution in [0.15, 0.2) is 109 Å². The molecule has 27 heavy (non-hydrogen) atoms. The number of hydrogen-bond acceptors (Lipinski definition) is 1. The summed E-state index contributed by atoms with van der Waals surface area (Å²) in [5.74, 6) is 0. The fourth-order valence-electron chi connectivity index (χ4n) is 3.74. The normalized spacial score (nSPS) is 11.3. The minimum absolute atomic E-state index is 0.994. The van der Waals surface area contributed by atoms with Gasteiger partial charge in [-0.05, 0) is 61.0 Å². The molecule has 0 aliphatic heterocycles. The van der Waals surface area contributed by atoms with Crippen LogP contribution in [0.3, 0.4) is 0 Å². The number of hydrogen-bond donors (Lipinski definition) is 0. The quantitative estimate of drug-likeness (QED) is 0.457. The summed E-state index contributed by atoms with van der Waals surface area (Å²) in [5, 5.41) is 4.24. The Hall–Kier alpha value is -2.76. The standard InChI is InChI=1S/C25H23NP/c1-21-19-22(17-18-26-21)20-27(23-11-5-2-6-12-23,24-13-7-3-8-14-24)25-15-9-4-10-16-25/h2-19H,20H2,1H3/q+1. The third-order valence-corrected chi connectivity index (χ3v) is 9.35. The van der Waals surface area contributed by atoms with Crippen LogP contribution in [0.5, 0.6) is 0 Å². The maximum atomic E-state index is 4.40. The summed E-state index contributed by atoms with van der Waals surface area (Å²) in [6, 6.07) is 37.4. The Bertz CT molecular complexity index is 901. The van der Waals surface area contributed by atoms with Crippen molar-refractivity contribution in [2.24, 2.45) is 0 Å². The Morgan fingerprint density at radius 1 is 0.630 bits per heavy atom. The molecule has 0 aliphatic carbocycles. The van der Waals surface area contributed by atoms with Gasteiger partial charge in [0, 0.05) is 11.9 Å². The Morgan fingerprint density at radius 2 is 1.07 bits per heavy atom. The first-order valence-electron chi connectivity index (χ1n) is 9.25. The predicted molar refractivity (Wildman–Crippen MR) is 118 cm³/mol. The van der Waals surface area contributed by atoms with E-state index in [0.717, 1.165) is 11.9 Å². The van der Waals surface area contributed by atoms with Gasteiger partial charge >= 0.3 is 0 Å². The fourth-order valence-corrected chi connectivity index (χ4v) is 7.97. The van der Waals surface area contributed by atoms with Crippen molar-refractivity contribution < 1.29 is 0 Å². The van der Waals surface area contributed by atoms with Gasteiger partial charge in [0.05, 0.1) is 6.16 Å². The van der Waals surface area contributed by atoms with Crippen molar-refractivity contribution in [3.05, 3.63) is 121 Å². The van der Waals surface area contributed by atoms with Crippen LogP contribution in [0.25, 0.3) is 0 Å². The van der Waals surface area contributed by atoms with Gasteiger partial charge in [0.15, 0.2) is 0 Å². The van der Waals surface area contributed by atoms with E-state index >= 15 is 0 Å². The molecule has 0 radical (unpaired) electrons. The predicted octanol–water partition coefficient (Wildman–Crippen LogP) is 4.88. The summed E-state index contributed by atoms with van der Waals surface area (Å²) in [7, 11) is -1.82. The van der Waals surface area contributed by atoms with Gasteiger partial charge in [-0.1, -0.05) is 54.6 Å². The number of pyridine rings is 1. The molecule has 0 fully saturated rings. The van der Waals surface area contributed by atoms with E-state index in [4.69, 9.17) is 0 Å². The molecule has 4 aromatic rings. The van der Waals surface area contributed by atoms with E-state index in [1.807, 2.05) is 6.20 Å². The molecular formula is C25H23NP+. The van der Waals surface area contributed by atoms with E-state index in [2.05, 4.69) is 115 Å². The van der Waals surface area contributed by atoms with Crippen LogP contribution >= 0.6 is 7.26 Å². The molecule has 0 bridgehead atoms. The fraction of sp³-hybridized carbons (Fsp3) is 0.0800. The highest BCUT2D eigenvalue weighted by Crippen LogP contribution is 2.58. The van der Waals surface area contributed by atoms with Crippen LogP contribution in [0.2, 0.25) is 0 Å². The first-order valence-corrected chi connectivity index (χ1v) is 11.2. The second-order valence-corrected chi connectivity index (χ2v) is 10.3. The van der Waals surface area contributed by atoms with E-state index in [1.54, 1.807) is 0 Å². The van der Waals surface area contributed by atoms with Crippen molar-refractivity contribution >= 4 is 23.2 Å². The summed E-state index contributed by atoms with van der Waals surface area (Å²) in [6.45, 7) is 2.07. The van der Waals surface area contributed by atoms with Gasteiger partial charge < -0.3 is 0 Å². The van der Waals surface area contributed by atoms with Crippen molar-refractivity contribution in [2.75, 3.05) is 0 Å². The maximum absolute atomic E-state index is 4.40. The molecule has 0 spiro atoms. The van der Waals surface area contributed by atoms with Crippen molar-refractivity contribution in [2.45, 2.75) is 13.1 Å². The van der Waals surface area contributed by atoms with Crippen LogP contribution in [0.1, 0.15) is 11.3 Å². The maximum Gasteiger partial charge on any atom is 0.116 e. The van der Waals surface area contributed by atoms with Crippen LogP contribution in [0.4, 0.5) is 0 Å². The highest BCUT2D eigenvalue weighted by molar-refractivity contribution is 7.95. The minimum atomic E-state index is -1.82. The molecule has 1 nitrogen and oxygen atoms in total. The molecule has 2 heteroatoms. The molecule has 0 unspecified atom stereocenters. The van der Waals surface area contributed by atoms with Crippen LogP contribution in [-0.4, -0.2) is 4.98 Å². The molecule has 0 saturated carbocycles. The topological polar surface area (TPSA) is 12.9 Å². The third-order valence-electron chi connectivity index (χ3n) is 4.97. The molecular weight excluding hydrogens is 345 g/mol. The summed E-state index contributed by atoms with van der Waals surface area (Å²) in [6.07, 6.45) is 2.93. The lowest BCUT2D eigenvalue weighted by Crippen LogP contribution is -2.32. The Morgan fingerprint density at radius 3 is 1.48 bits per heavy atom. The number of benzene rings is 3. The third kappa shape index (κ3) is 3.56. The summed E-state index contributed by atoms with van der Waals surface area (Å²) >= 11 is 0. The monoisotopic (exact) mass is 368 g/mol. The first-order chi connectivity index (χ1) is 13.3. The molecule has 1 heterocycles. The SMILES string of the molecule is Cc1cc(C[P+](c2ccccc2)(c2ccccc2)c2ccccc2)ccn1. The minimum Gasteiger partial charge on any atom is -0.262 e. The molecule has 0 N–H and O–H groups in total. The van der Waals surface area contributed by atoms with E-state index in [0.29, 0.717) is 0 Å². The lowest BCUT2D eigenvalue weighted by molar-refractivity contribution is 1.17. The molecule has 132 valence electrons. The van der Waals surface area contributed by atoms with E-state index in [-0.39, 0.29) is 0 Å². The summed E-state index contributed by atoms with van der Waals surface area (Å²) in [4.78, 5) is 4.40. The van der Waals surface area contributed by atoms with Crippen LogP contribution in [0, 0.1) is 6.92 Å². The van der Waals surface area contributed by atoms with Gasteiger partial charge in [0.1, 0.15) is 23.2 Å². The Labute approximate surface area is 162 Å². The average molecular weight is 368 g/mol. The molecule has 0 atom stereocenters. The Kier molecular flexibility index (Phi) is 5.14. The van der Waals surface area contributed by atoms with Crippen molar-refractivity contribution in [3.63, 3.8) is 0 Å². The van der Waals surface area contributed by atoms with Gasteiger partial charge in [-0.3, -0.25) is 4.98 Å². The van der Waals surface area contributed by atoms with E-state index in [1.165, 1.54) is 21.5 Å². The van der Waals surface area contributed by atoms with Crippen molar-refractivity contribution in [1.29, 1.82) is 0 Å². The first kappa shape index (κ1) is 17.6. The highest BCUT2D eigenvalue weighted by Gasteiger charge is 2.45. The second kappa shape index (κ2) is 7.86. The largest absolute Gasteiger partial charge is 0.262 e. The Balaban J connectivity index is 2.00. The highest BCUT2D eigenvalue weighted by atomic mass is 31.2. The lowest BCUT2D eigenvalue weighted by atomic mass is 10.2. The molecule has 3 aromatic carbocycles. The number of aromatic nitrogens is 1.